The first-order chi connectivity index (χ1) is 16.2. The van der Waals surface area contributed by atoms with Gasteiger partial charge in [0.15, 0.2) is 5.54 Å². The van der Waals surface area contributed by atoms with E-state index >= 15 is 0 Å². The molecule has 178 valence electrons. The molecular formula is C25H27N3O6. The van der Waals surface area contributed by atoms with Crippen LogP contribution in [0.2, 0.25) is 0 Å². The maximum absolute atomic E-state index is 12.9. The van der Waals surface area contributed by atoms with E-state index in [9.17, 15) is 19.5 Å². The molecule has 2 atom stereocenters. The van der Waals surface area contributed by atoms with E-state index in [0.29, 0.717) is 11.1 Å². The van der Waals surface area contributed by atoms with Crippen LogP contribution in [0.4, 0.5) is 0 Å². The lowest BCUT2D eigenvalue weighted by atomic mass is 9.96. The van der Waals surface area contributed by atoms with Crippen LogP contribution in [0.15, 0.2) is 60.7 Å². The number of nitrogens with one attached hydrogen (secondary N) is 2. The van der Waals surface area contributed by atoms with Crippen molar-refractivity contribution in [1.82, 2.24) is 15.7 Å². The zero-order valence-electron chi connectivity index (χ0n) is 19.1. The summed E-state index contributed by atoms with van der Waals surface area (Å²) < 4.78 is 0. The molecule has 0 saturated heterocycles. The van der Waals surface area contributed by atoms with Crippen molar-refractivity contribution in [2.45, 2.75) is 18.6 Å². The number of carbonyl (C=O) groups is 3. The summed E-state index contributed by atoms with van der Waals surface area (Å²) in [7, 11) is 2.61. The molecule has 0 fully saturated rings. The largest absolute Gasteiger partial charge is 0.392 e. The molecule has 0 aromatic heterocycles. The minimum atomic E-state index is -1.97. The fraction of sp³-hybridized carbons (Fsp3) is 0.240. The molecule has 9 nitrogen and oxygen atoms in total. The van der Waals surface area contributed by atoms with E-state index in [1.165, 1.54) is 50.8 Å². The third-order valence-corrected chi connectivity index (χ3v) is 5.35. The standard InChI is InChI=1S/C25H27N3O6/c1-25(23(32)26-2,24(33)27-34)28(3)22(31)20-14-10-18(11-15-20)7-6-17-8-12-19(13-9-17)21(30)5-4-16-29/h4-5,8-15,21,29-30,34H,16H2,1-3H3,(H,26,32)(H,27,33)/t21-,25+/m1/s1. The monoisotopic (exact) mass is 465 g/mol. The highest BCUT2D eigenvalue weighted by Gasteiger charge is 2.47. The van der Waals surface area contributed by atoms with Crippen LogP contribution in [-0.2, 0) is 9.59 Å². The van der Waals surface area contributed by atoms with Crippen molar-refractivity contribution in [2.75, 3.05) is 20.7 Å². The van der Waals surface area contributed by atoms with Gasteiger partial charge in [-0.3, -0.25) is 19.6 Å². The molecule has 0 radical (unpaired) electrons. The first-order valence-electron chi connectivity index (χ1n) is 10.3. The lowest BCUT2D eigenvalue weighted by Gasteiger charge is -2.34. The van der Waals surface area contributed by atoms with Gasteiger partial charge in [0.25, 0.3) is 17.7 Å². The number of likely N-dealkylation sites (N-methyl/N-ethyl adjacent to an activating group) is 2. The van der Waals surface area contributed by atoms with Gasteiger partial charge in [0.1, 0.15) is 0 Å². The number of amides is 3. The molecule has 0 aliphatic rings. The van der Waals surface area contributed by atoms with Gasteiger partial charge in [-0.2, -0.15) is 0 Å². The number of carbonyl (C=O) groups excluding carboxylic acids is 3. The third-order valence-electron chi connectivity index (χ3n) is 5.35. The van der Waals surface area contributed by atoms with Crippen LogP contribution in [-0.4, -0.2) is 64.3 Å². The molecule has 3 amide bonds. The Hall–Kier alpha value is -3.97. The Kier molecular flexibility index (Phi) is 9.10. The predicted molar refractivity (Wildman–Crippen MR) is 125 cm³/mol. The van der Waals surface area contributed by atoms with Gasteiger partial charge < -0.3 is 20.4 Å². The Labute approximate surface area is 197 Å². The molecule has 0 heterocycles. The summed E-state index contributed by atoms with van der Waals surface area (Å²) in [5, 5.41) is 30.1. The average Bonchev–Trinajstić information content (AvgIpc) is 2.88. The minimum Gasteiger partial charge on any atom is -0.392 e. The third kappa shape index (κ3) is 5.88. The minimum absolute atomic E-state index is 0.146. The molecule has 0 spiro atoms. The second kappa shape index (κ2) is 11.8. The van der Waals surface area contributed by atoms with Gasteiger partial charge in [0, 0.05) is 30.8 Å². The highest BCUT2D eigenvalue weighted by atomic mass is 16.5. The number of aliphatic hydroxyl groups excluding tert-OH is 2. The lowest BCUT2D eigenvalue weighted by Crippen LogP contribution is -2.64. The molecule has 0 bridgehead atoms. The predicted octanol–water partition coefficient (Wildman–Crippen LogP) is 0.750. The number of hydrogen-bond acceptors (Lipinski definition) is 6. The molecule has 9 heteroatoms. The Morgan fingerprint density at radius 3 is 2.03 bits per heavy atom. The van der Waals surface area contributed by atoms with Crippen molar-refractivity contribution < 1.29 is 29.8 Å². The molecule has 2 aromatic rings. The van der Waals surface area contributed by atoms with Crippen LogP contribution in [0.5, 0.6) is 0 Å². The first kappa shape index (κ1) is 26.3. The van der Waals surface area contributed by atoms with Crippen LogP contribution >= 0.6 is 0 Å². The van der Waals surface area contributed by atoms with Crippen molar-refractivity contribution in [2.24, 2.45) is 0 Å². The Balaban J connectivity index is 2.17. The normalized spacial score (nSPS) is 13.2. The van der Waals surface area contributed by atoms with Crippen LogP contribution in [0, 0.1) is 11.8 Å². The topological polar surface area (TPSA) is 139 Å². The van der Waals surface area contributed by atoms with Crippen LogP contribution in [0.1, 0.15) is 40.1 Å². The highest BCUT2D eigenvalue weighted by Crippen LogP contribution is 2.18. The number of hydroxylamine groups is 1. The number of aliphatic hydroxyl groups is 2. The molecule has 0 unspecified atom stereocenters. The smallest absolute Gasteiger partial charge is 0.278 e. The van der Waals surface area contributed by atoms with Crippen LogP contribution < -0.4 is 10.8 Å². The molecular weight excluding hydrogens is 438 g/mol. The van der Waals surface area contributed by atoms with Gasteiger partial charge in [0.2, 0.25) is 0 Å². The summed E-state index contributed by atoms with van der Waals surface area (Å²) in [6.07, 6.45) is 2.14. The van der Waals surface area contributed by atoms with E-state index in [4.69, 9.17) is 10.3 Å². The molecule has 5 N–H and O–H groups in total. The summed E-state index contributed by atoms with van der Waals surface area (Å²) in [5.74, 6) is 3.56. The summed E-state index contributed by atoms with van der Waals surface area (Å²) in [6, 6.07) is 13.3. The Morgan fingerprint density at radius 1 is 1.03 bits per heavy atom. The van der Waals surface area contributed by atoms with Crippen molar-refractivity contribution in [1.29, 1.82) is 0 Å². The van der Waals surface area contributed by atoms with Gasteiger partial charge in [-0.1, -0.05) is 36.1 Å². The van der Waals surface area contributed by atoms with Crippen molar-refractivity contribution >= 4 is 17.7 Å². The fourth-order valence-corrected chi connectivity index (χ4v) is 3.06. The van der Waals surface area contributed by atoms with Gasteiger partial charge in [-0.05, 0) is 48.9 Å². The van der Waals surface area contributed by atoms with E-state index in [1.807, 2.05) is 0 Å². The fourth-order valence-electron chi connectivity index (χ4n) is 3.06. The Morgan fingerprint density at radius 2 is 1.56 bits per heavy atom. The maximum atomic E-state index is 12.9. The van der Waals surface area contributed by atoms with Gasteiger partial charge >= 0.3 is 0 Å². The maximum Gasteiger partial charge on any atom is 0.278 e. The SMILES string of the molecule is CNC(=O)[C@@](C)(C(=O)NO)N(C)C(=O)c1ccc(C#Cc2ccc([C@H](O)C=CCO)cc2)cc1. The van der Waals surface area contributed by atoms with Crippen LogP contribution in [0.3, 0.4) is 0 Å². The van der Waals surface area contributed by atoms with E-state index in [2.05, 4.69) is 17.2 Å². The van der Waals surface area contributed by atoms with E-state index < -0.39 is 29.4 Å². The van der Waals surface area contributed by atoms with Crippen molar-refractivity contribution in [3.63, 3.8) is 0 Å². The van der Waals surface area contributed by atoms with E-state index in [1.54, 1.807) is 36.4 Å². The molecule has 2 rings (SSSR count). The zero-order chi connectivity index (χ0) is 25.3. The lowest BCUT2D eigenvalue weighted by molar-refractivity contribution is -0.148. The summed E-state index contributed by atoms with van der Waals surface area (Å²) in [4.78, 5) is 38.2. The van der Waals surface area contributed by atoms with Gasteiger partial charge in [-0.15, -0.1) is 0 Å². The first-order valence-corrected chi connectivity index (χ1v) is 10.3. The van der Waals surface area contributed by atoms with E-state index in [-0.39, 0.29) is 12.2 Å². The quantitative estimate of drug-likeness (QED) is 0.134. The number of hydrogen-bond donors (Lipinski definition) is 5. The van der Waals surface area contributed by atoms with Crippen molar-refractivity contribution in [3.05, 3.63) is 82.9 Å². The molecule has 34 heavy (non-hydrogen) atoms. The number of nitrogens with zero attached hydrogens (tertiary/aromatic N) is 1. The summed E-state index contributed by atoms with van der Waals surface area (Å²) >= 11 is 0. The molecule has 0 aliphatic heterocycles. The van der Waals surface area contributed by atoms with Gasteiger partial charge in [0.05, 0.1) is 12.7 Å². The molecule has 0 saturated carbocycles. The Bertz CT molecular complexity index is 1100. The summed E-state index contributed by atoms with van der Waals surface area (Å²) in [5.41, 5.74) is 1.71. The van der Waals surface area contributed by atoms with E-state index in [0.717, 1.165) is 10.5 Å². The number of rotatable bonds is 7. The summed E-state index contributed by atoms with van der Waals surface area (Å²) in [6.45, 7) is 1.08. The zero-order valence-corrected chi connectivity index (χ0v) is 19.1. The molecule has 2 aromatic carbocycles. The highest BCUT2D eigenvalue weighted by molar-refractivity contribution is 6.12. The second-order valence-corrected chi connectivity index (χ2v) is 7.46. The number of benzene rings is 2. The van der Waals surface area contributed by atoms with Gasteiger partial charge in [-0.25, -0.2) is 5.48 Å². The van der Waals surface area contributed by atoms with Crippen LogP contribution in [0.25, 0.3) is 0 Å². The average molecular weight is 466 g/mol. The van der Waals surface area contributed by atoms with Crippen molar-refractivity contribution in [3.8, 4) is 11.8 Å². The molecule has 0 aliphatic carbocycles. The second-order valence-electron chi connectivity index (χ2n) is 7.46.